The summed E-state index contributed by atoms with van der Waals surface area (Å²) in [6, 6.07) is 11.3. The maximum Gasteiger partial charge on any atom is 0.280 e. The molecule has 108 valence electrons. The van der Waals surface area contributed by atoms with E-state index in [1.54, 1.807) is 19.2 Å². The van der Waals surface area contributed by atoms with E-state index in [0.717, 1.165) is 5.56 Å². The average molecular weight is 287 g/mol. The Morgan fingerprint density at radius 2 is 1.95 bits per heavy atom. The summed E-state index contributed by atoms with van der Waals surface area (Å²) < 4.78 is 10.6. The fraction of sp³-hybridized carbons (Fsp3) is 0.133. The molecule has 0 atom stereocenters. The molecule has 0 amide bonds. The van der Waals surface area contributed by atoms with Gasteiger partial charge in [-0.05, 0) is 29.8 Å². The number of benzene rings is 2. The number of hydrogen-bond donors (Lipinski definition) is 0. The number of carbonyl (C=O) groups is 1. The van der Waals surface area contributed by atoms with Crippen LogP contribution in [-0.4, -0.2) is 18.3 Å². The number of nitro benzene ring substituents is 1. The third-order valence-corrected chi connectivity index (χ3v) is 2.77. The highest BCUT2D eigenvalue weighted by molar-refractivity contribution is 5.82. The lowest BCUT2D eigenvalue weighted by Crippen LogP contribution is -1.95. The van der Waals surface area contributed by atoms with Crippen molar-refractivity contribution in [2.75, 3.05) is 7.11 Å². The van der Waals surface area contributed by atoms with E-state index in [1.807, 2.05) is 12.1 Å². The summed E-state index contributed by atoms with van der Waals surface area (Å²) >= 11 is 0. The molecule has 0 aliphatic rings. The molecule has 2 aromatic carbocycles. The first-order chi connectivity index (χ1) is 10.1. The van der Waals surface area contributed by atoms with Crippen LogP contribution in [0, 0.1) is 10.1 Å². The zero-order valence-electron chi connectivity index (χ0n) is 11.3. The van der Waals surface area contributed by atoms with E-state index >= 15 is 0 Å². The highest BCUT2D eigenvalue weighted by Gasteiger charge is 2.14. The zero-order valence-corrected chi connectivity index (χ0v) is 11.3. The highest BCUT2D eigenvalue weighted by atomic mass is 16.6. The van der Waals surface area contributed by atoms with Gasteiger partial charge < -0.3 is 9.47 Å². The van der Waals surface area contributed by atoms with Gasteiger partial charge in [-0.3, -0.25) is 14.9 Å². The molecule has 0 aliphatic carbocycles. The van der Waals surface area contributed by atoms with Crippen LogP contribution in [0.1, 0.15) is 15.9 Å². The number of nitro groups is 1. The molecular formula is C15H13NO5. The lowest BCUT2D eigenvalue weighted by molar-refractivity contribution is -0.385. The van der Waals surface area contributed by atoms with Crippen molar-refractivity contribution < 1.29 is 19.2 Å². The van der Waals surface area contributed by atoms with E-state index in [1.165, 1.54) is 18.2 Å². The predicted octanol–water partition coefficient (Wildman–Crippen LogP) is 3.35. The minimum absolute atomic E-state index is 0.0226. The Kier molecular flexibility index (Phi) is 4.63. The van der Waals surface area contributed by atoms with E-state index in [9.17, 15) is 14.9 Å². The maximum atomic E-state index is 10.9. The molecule has 2 rings (SSSR count). The van der Waals surface area contributed by atoms with Gasteiger partial charge in [0.05, 0.1) is 17.1 Å². The third-order valence-electron chi connectivity index (χ3n) is 2.77. The van der Waals surface area contributed by atoms with Crippen LogP contribution >= 0.6 is 0 Å². The van der Waals surface area contributed by atoms with Crippen LogP contribution in [0.4, 0.5) is 5.69 Å². The quantitative estimate of drug-likeness (QED) is 0.462. The molecule has 0 radical (unpaired) electrons. The molecular weight excluding hydrogens is 274 g/mol. The van der Waals surface area contributed by atoms with Gasteiger partial charge in [-0.25, -0.2) is 0 Å². The molecule has 2 aromatic rings. The van der Waals surface area contributed by atoms with Crippen molar-refractivity contribution in [1.82, 2.24) is 0 Å². The molecule has 6 heteroatoms. The van der Waals surface area contributed by atoms with E-state index in [0.29, 0.717) is 24.4 Å². The lowest BCUT2D eigenvalue weighted by atomic mass is 10.2. The van der Waals surface area contributed by atoms with Gasteiger partial charge in [-0.2, -0.15) is 0 Å². The van der Waals surface area contributed by atoms with Crippen LogP contribution in [0.2, 0.25) is 0 Å². The lowest BCUT2D eigenvalue weighted by Gasteiger charge is -2.08. The van der Waals surface area contributed by atoms with Crippen molar-refractivity contribution in [2.45, 2.75) is 6.61 Å². The van der Waals surface area contributed by atoms with Crippen LogP contribution in [0.25, 0.3) is 0 Å². The molecule has 0 spiro atoms. The molecule has 0 saturated heterocycles. The minimum atomic E-state index is -0.604. The van der Waals surface area contributed by atoms with Gasteiger partial charge >= 0.3 is 0 Å². The van der Waals surface area contributed by atoms with E-state index in [4.69, 9.17) is 9.47 Å². The monoisotopic (exact) mass is 287 g/mol. The van der Waals surface area contributed by atoms with Gasteiger partial charge in [-0.1, -0.05) is 12.1 Å². The second kappa shape index (κ2) is 6.62. The first kappa shape index (κ1) is 14.7. The zero-order chi connectivity index (χ0) is 15.2. The normalized spacial score (nSPS) is 10.1. The smallest absolute Gasteiger partial charge is 0.280 e. The predicted molar refractivity (Wildman–Crippen MR) is 75.7 cm³/mol. The molecule has 0 saturated carbocycles. The first-order valence-corrected chi connectivity index (χ1v) is 6.13. The summed E-state index contributed by atoms with van der Waals surface area (Å²) in [6.07, 6.45) is 0.437. The fourth-order valence-electron chi connectivity index (χ4n) is 1.86. The van der Waals surface area contributed by atoms with Crippen LogP contribution < -0.4 is 4.74 Å². The van der Waals surface area contributed by atoms with Crippen LogP contribution in [0.3, 0.4) is 0 Å². The molecule has 21 heavy (non-hydrogen) atoms. The van der Waals surface area contributed by atoms with Gasteiger partial charge in [0.15, 0.2) is 6.29 Å². The Hall–Kier alpha value is -2.73. The number of rotatable bonds is 6. The van der Waals surface area contributed by atoms with Gasteiger partial charge in [0.2, 0.25) is 0 Å². The summed E-state index contributed by atoms with van der Waals surface area (Å²) in [4.78, 5) is 21.1. The van der Waals surface area contributed by atoms with Crippen molar-refractivity contribution in [3.63, 3.8) is 0 Å². The van der Waals surface area contributed by atoms with E-state index < -0.39 is 4.92 Å². The first-order valence-electron chi connectivity index (χ1n) is 6.13. The largest absolute Gasteiger partial charge is 0.457 e. The fourth-order valence-corrected chi connectivity index (χ4v) is 1.86. The summed E-state index contributed by atoms with van der Waals surface area (Å²) in [5.41, 5.74) is 0.670. The number of methoxy groups -OCH3 is 1. The Morgan fingerprint density at radius 1 is 1.19 bits per heavy atom. The van der Waals surface area contributed by atoms with E-state index in [2.05, 4.69) is 0 Å². The second-order valence-electron chi connectivity index (χ2n) is 4.28. The van der Waals surface area contributed by atoms with Gasteiger partial charge in [0.1, 0.15) is 11.5 Å². The van der Waals surface area contributed by atoms with Crippen molar-refractivity contribution >= 4 is 12.0 Å². The third kappa shape index (κ3) is 3.64. The summed E-state index contributed by atoms with van der Waals surface area (Å²) in [5, 5.41) is 10.8. The highest BCUT2D eigenvalue weighted by Crippen LogP contribution is 2.27. The second-order valence-corrected chi connectivity index (χ2v) is 4.28. The molecule has 0 aromatic heterocycles. The standard InChI is InChI=1S/C15H13NO5/c1-20-10-11-3-2-4-13(7-11)21-14-5-6-15(16(18)19)12(8-14)9-17/h2-9H,10H2,1H3. The summed E-state index contributed by atoms with van der Waals surface area (Å²) in [5.74, 6) is 0.924. The van der Waals surface area contributed by atoms with Crippen molar-refractivity contribution in [3.8, 4) is 11.5 Å². The molecule has 0 unspecified atom stereocenters. The number of carbonyl (C=O) groups excluding carboxylic acids is 1. The molecule has 0 aliphatic heterocycles. The minimum Gasteiger partial charge on any atom is -0.457 e. The SMILES string of the molecule is COCc1cccc(Oc2ccc([N+](=O)[O-])c(C=O)c2)c1. The number of hydrogen-bond acceptors (Lipinski definition) is 5. The van der Waals surface area contributed by atoms with Crippen LogP contribution in [0.15, 0.2) is 42.5 Å². The summed E-state index contributed by atoms with van der Waals surface area (Å²) in [6.45, 7) is 0.455. The Labute approximate surface area is 121 Å². The Morgan fingerprint density at radius 3 is 2.62 bits per heavy atom. The number of aldehydes is 1. The molecule has 0 fully saturated rings. The average Bonchev–Trinajstić information content (AvgIpc) is 2.47. The number of ether oxygens (including phenoxy) is 2. The van der Waals surface area contributed by atoms with Gasteiger partial charge in [0.25, 0.3) is 5.69 Å². The topological polar surface area (TPSA) is 78.7 Å². The van der Waals surface area contributed by atoms with Crippen LogP contribution in [0.5, 0.6) is 11.5 Å². The summed E-state index contributed by atoms with van der Waals surface area (Å²) in [7, 11) is 1.60. The van der Waals surface area contributed by atoms with Gasteiger partial charge in [0, 0.05) is 13.2 Å². The van der Waals surface area contributed by atoms with Crippen molar-refractivity contribution in [3.05, 3.63) is 63.7 Å². The Bertz CT molecular complexity index is 669. The molecule has 0 heterocycles. The maximum absolute atomic E-state index is 10.9. The van der Waals surface area contributed by atoms with Crippen molar-refractivity contribution in [1.29, 1.82) is 0 Å². The van der Waals surface area contributed by atoms with Gasteiger partial charge in [-0.15, -0.1) is 0 Å². The van der Waals surface area contributed by atoms with Crippen molar-refractivity contribution in [2.24, 2.45) is 0 Å². The number of nitrogens with zero attached hydrogens (tertiary/aromatic N) is 1. The van der Waals surface area contributed by atoms with E-state index in [-0.39, 0.29) is 11.3 Å². The molecule has 0 bridgehead atoms. The molecule has 6 nitrogen and oxygen atoms in total. The Balaban J connectivity index is 2.25. The molecule has 0 N–H and O–H groups in total. The van der Waals surface area contributed by atoms with Crippen LogP contribution in [-0.2, 0) is 11.3 Å².